The van der Waals surface area contributed by atoms with Crippen molar-refractivity contribution in [2.75, 3.05) is 0 Å². The maximum absolute atomic E-state index is 13.7. The predicted octanol–water partition coefficient (Wildman–Crippen LogP) is 3.80. The Morgan fingerprint density at radius 2 is 1.67 bits per heavy atom. The van der Waals surface area contributed by atoms with E-state index in [-0.39, 0.29) is 0 Å². The van der Waals surface area contributed by atoms with Crippen molar-refractivity contribution in [3.8, 4) is 0 Å². The lowest BCUT2D eigenvalue weighted by molar-refractivity contribution is 0.717. The summed E-state index contributed by atoms with van der Waals surface area (Å²) in [6.45, 7) is 5.68. The molecule has 0 nitrogen and oxygen atoms in total. The first-order chi connectivity index (χ1) is 7.04. The Bertz CT molecular complexity index is 284. The van der Waals surface area contributed by atoms with Crippen molar-refractivity contribution in [2.45, 2.75) is 45.7 Å². The molecule has 0 fully saturated rings. The summed E-state index contributed by atoms with van der Waals surface area (Å²) in [5.41, 5.74) is 1.34. The van der Waals surface area contributed by atoms with Crippen molar-refractivity contribution < 1.29 is 4.11 Å². The maximum atomic E-state index is 13.7. The van der Waals surface area contributed by atoms with Crippen LogP contribution < -0.4 is 5.19 Å². The van der Waals surface area contributed by atoms with Crippen LogP contribution in [-0.2, 0) is 6.42 Å². The number of aryl methyl sites for hydroxylation is 1. The minimum atomic E-state index is -2.59. The van der Waals surface area contributed by atoms with E-state index >= 15 is 0 Å². The summed E-state index contributed by atoms with van der Waals surface area (Å²) in [4.78, 5) is 0. The van der Waals surface area contributed by atoms with Gasteiger partial charge in [0, 0.05) is 0 Å². The lowest BCUT2D eigenvalue weighted by Gasteiger charge is -2.11. The van der Waals surface area contributed by atoms with Crippen molar-refractivity contribution >= 4 is 13.6 Å². The van der Waals surface area contributed by atoms with Crippen molar-refractivity contribution in [1.29, 1.82) is 0 Å². The highest BCUT2D eigenvalue weighted by atomic mass is 28.4. The fraction of sp³-hybridized carbons (Fsp3) is 0.538. The Morgan fingerprint density at radius 1 is 1.07 bits per heavy atom. The Labute approximate surface area is 93.7 Å². The van der Waals surface area contributed by atoms with Crippen LogP contribution in [0.4, 0.5) is 4.11 Å². The van der Waals surface area contributed by atoms with Gasteiger partial charge in [0.25, 0.3) is 8.41 Å². The van der Waals surface area contributed by atoms with Crippen molar-refractivity contribution in [3.63, 3.8) is 0 Å². The molecule has 0 saturated carbocycles. The number of unbranched alkanes of at least 4 members (excludes halogenated alkanes) is 2. The molecule has 0 amide bonds. The second-order valence-corrected chi connectivity index (χ2v) is 8.15. The molecule has 0 aliphatic rings. The van der Waals surface area contributed by atoms with Gasteiger partial charge in [-0.05, 0) is 36.7 Å². The highest BCUT2D eigenvalue weighted by Gasteiger charge is 2.22. The number of hydrogen-bond donors (Lipinski definition) is 0. The number of hydrogen-bond acceptors (Lipinski definition) is 0. The third kappa shape index (κ3) is 4.16. The Morgan fingerprint density at radius 3 is 2.13 bits per heavy atom. The van der Waals surface area contributed by atoms with E-state index in [0.717, 1.165) is 11.6 Å². The van der Waals surface area contributed by atoms with Gasteiger partial charge >= 0.3 is 0 Å². The van der Waals surface area contributed by atoms with Crippen LogP contribution in [0.3, 0.4) is 0 Å². The number of rotatable bonds is 5. The molecule has 1 aromatic rings. The second kappa shape index (κ2) is 5.45. The molecule has 0 unspecified atom stereocenters. The molecule has 84 valence electrons. The molecule has 0 saturated heterocycles. The summed E-state index contributed by atoms with van der Waals surface area (Å²) in [6.07, 6.45) is 4.91. The van der Waals surface area contributed by atoms with Gasteiger partial charge in [0.1, 0.15) is 0 Å². The van der Waals surface area contributed by atoms with Crippen molar-refractivity contribution in [2.24, 2.45) is 0 Å². The second-order valence-electron chi connectivity index (χ2n) is 4.63. The van der Waals surface area contributed by atoms with Crippen LogP contribution in [0.2, 0.25) is 13.1 Å². The third-order valence-corrected chi connectivity index (χ3v) is 4.42. The summed E-state index contributed by atoms with van der Waals surface area (Å²) >= 11 is 0. The molecule has 0 atom stereocenters. The van der Waals surface area contributed by atoms with E-state index in [0.29, 0.717) is 0 Å². The van der Waals surface area contributed by atoms with Crippen molar-refractivity contribution in [3.05, 3.63) is 29.8 Å². The Balaban J connectivity index is 2.57. The average Bonchev–Trinajstić information content (AvgIpc) is 2.18. The summed E-state index contributed by atoms with van der Waals surface area (Å²) in [7, 11) is -2.59. The van der Waals surface area contributed by atoms with E-state index in [9.17, 15) is 4.11 Å². The van der Waals surface area contributed by atoms with Gasteiger partial charge in [-0.15, -0.1) is 0 Å². The molecular weight excluding hydrogens is 203 g/mol. The highest BCUT2D eigenvalue weighted by Crippen LogP contribution is 2.09. The molecule has 15 heavy (non-hydrogen) atoms. The minimum absolute atomic E-state index is 0.904. The molecule has 0 N–H and O–H groups in total. The molecular formula is C13H21FSi. The van der Waals surface area contributed by atoms with E-state index in [4.69, 9.17) is 0 Å². The lowest BCUT2D eigenvalue weighted by Crippen LogP contribution is -2.36. The normalized spacial score (nSPS) is 11.7. The van der Waals surface area contributed by atoms with Gasteiger partial charge in [-0.2, -0.15) is 0 Å². The monoisotopic (exact) mass is 224 g/mol. The number of halogens is 1. The van der Waals surface area contributed by atoms with Crippen LogP contribution in [-0.4, -0.2) is 8.41 Å². The fourth-order valence-corrected chi connectivity index (χ4v) is 2.61. The SMILES string of the molecule is CCCCCc1ccc([Si](C)(C)F)cc1. The molecule has 0 bridgehead atoms. The summed E-state index contributed by atoms with van der Waals surface area (Å²) in [5, 5.41) is 0.904. The maximum Gasteiger partial charge on any atom is 0.271 e. The van der Waals surface area contributed by atoms with E-state index < -0.39 is 8.41 Å². The van der Waals surface area contributed by atoms with Crippen molar-refractivity contribution in [1.82, 2.24) is 0 Å². The van der Waals surface area contributed by atoms with Crippen LogP contribution in [0.25, 0.3) is 0 Å². The van der Waals surface area contributed by atoms with Crippen LogP contribution in [0.15, 0.2) is 24.3 Å². The molecule has 0 aliphatic heterocycles. The van der Waals surface area contributed by atoms with E-state index in [1.807, 2.05) is 12.1 Å². The standard InChI is InChI=1S/C13H21FSi/c1-4-5-6-7-12-8-10-13(11-9-12)15(2,3)14/h8-11H,4-7H2,1-3H3. The molecule has 0 radical (unpaired) electrons. The topological polar surface area (TPSA) is 0 Å². The smallest absolute Gasteiger partial charge is 0.271 e. The molecule has 0 aliphatic carbocycles. The van der Waals surface area contributed by atoms with Crippen LogP contribution in [0, 0.1) is 0 Å². The van der Waals surface area contributed by atoms with Gasteiger partial charge in [0.2, 0.25) is 0 Å². The van der Waals surface area contributed by atoms with Crippen LogP contribution in [0.1, 0.15) is 31.7 Å². The molecule has 1 aromatic carbocycles. The quantitative estimate of drug-likeness (QED) is 0.405. The van der Waals surface area contributed by atoms with Gasteiger partial charge in [-0.25, -0.2) is 0 Å². The van der Waals surface area contributed by atoms with Crippen LogP contribution in [0.5, 0.6) is 0 Å². The summed E-state index contributed by atoms with van der Waals surface area (Å²) in [5.74, 6) is 0. The molecule has 0 aromatic heterocycles. The summed E-state index contributed by atoms with van der Waals surface area (Å²) < 4.78 is 13.7. The zero-order valence-corrected chi connectivity index (χ0v) is 11.0. The van der Waals surface area contributed by atoms with Gasteiger partial charge in [-0.3, -0.25) is 0 Å². The molecule has 0 spiro atoms. The fourth-order valence-electron chi connectivity index (χ4n) is 1.65. The van der Waals surface area contributed by atoms with Gasteiger partial charge < -0.3 is 4.11 Å². The van der Waals surface area contributed by atoms with E-state index in [1.165, 1.54) is 24.8 Å². The van der Waals surface area contributed by atoms with Gasteiger partial charge in [0.05, 0.1) is 0 Å². The Kier molecular flexibility index (Phi) is 4.52. The van der Waals surface area contributed by atoms with E-state index in [1.54, 1.807) is 13.1 Å². The lowest BCUT2D eigenvalue weighted by atomic mass is 10.1. The van der Waals surface area contributed by atoms with E-state index in [2.05, 4.69) is 19.1 Å². The average molecular weight is 224 g/mol. The zero-order valence-electron chi connectivity index (χ0n) is 10.0. The first kappa shape index (κ1) is 12.4. The third-order valence-electron chi connectivity index (χ3n) is 2.71. The largest absolute Gasteiger partial charge is 0.308 e. The molecule has 2 heteroatoms. The van der Waals surface area contributed by atoms with Gasteiger partial charge in [-0.1, -0.05) is 44.0 Å². The minimum Gasteiger partial charge on any atom is -0.308 e. The highest BCUT2D eigenvalue weighted by molar-refractivity contribution is 6.83. The zero-order chi connectivity index (χ0) is 11.3. The van der Waals surface area contributed by atoms with Gasteiger partial charge in [0.15, 0.2) is 0 Å². The molecule has 1 rings (SSSR count). The molecule has 0 heterocycles. The number of benzene rings is 1. The first-order valence-corrected chi connectivity index (χ1v) is 8.70. The predicted molar refractivity (Wildman–Crippen MR) is 67.9 cm³/mol. The van der Waals surface area contributed by atoms with Crippen LogP contribution >= 0.6 is 0 Å². The summed E-state index contributed by atoms with van der Waals surface area (Å²) in [6, 6.07) is 8.10. The Hall–Kier alpha value is -0.633. The first-order valence-electron chi connectivity index (χ1n) is 5.82.